The number of hydrogen-bond donors (Lipinski definition) is 1. The molecule has 1 saturated heterocycles. The maximum atomic E-state index is 11.6. The molecule has 2 heterocycles. The molecule has 0 spiro atoms. The van der Waals surface area contributed by atoms with Crippen molar-refractivity contribution in [3.8, 4) is 17.2 Å². The van der Waals surface area contributed by atoms with Crippen LogP contribution in [0.4, 0.5) is 0 Å². The fourth-order valence-corrected chi connectivity index (χ4v) is 2.87. The van der Waals surface area contributed by atoms with Gasteiger partial charge in [-0.25, -0.2) is 0 Å². The molecule has 0 unspecified atom stereocenters. The van der Waals surface area contributed by atoms with Gasteiger partial charge in [0.2, 0.25) is 18.4 Å². The van der Waals surface area contributed by atoms with Gasteiger partial charge in [0.25, 0.3) is 0 Å². The normalized spacial score (nSPS) is 17.9. The molecule has 1 aromatic rings. The van der Waals surface area contributed by atoms with Crippen LogP contribution in [0.3, 0.4) is 0 Å². The smallest absolute Gasteiger partial charge is 0.231 e. The second-order valence-electron chi connectivity index (χ2n) is 5.76. The van der Waals surface area contributed by atoms with Gasteiger partial charge in [-0.2, -0.15) is 0 Å². The van der Waals surface area contributed by atoms with Crippen LogP contribution in [0.5, 0.6) is 17.2 Å². The van der Waals surface area contributed by atoms with Gasteiger partial charge in [0.15, 0.2) is 11.5 Å². The summed E-state index contributed by atoms with van der Waals surface area (Å²) in [5.74, 6) is 2.34. The third kappa shape index (κ3) is 3.11. The maximum absolute atomic E-state index is 11.6. The number of carbonyl (C=O) groups is 1. The average molecular weight is 306 g/mol. The molecule has 1 aromatic carbocycles. The number of likely N-dealkylation sites (tertiary alicyclic amines) is 1. The minimum atomic E-state index is 0.232. The summed E-state index contributed by atoms with van der Waals surface area (Å²) in [6, 6.07) is 4.15. The Kier molecular flexibility index (Phi) is 4.38. The van der Waals surface area contributed by atoms with E-state index in [1.807, 2.05) is 17.0 Å². The van der Waals surface area contributed by atoms with E-state index in [2.05, 4.69) is 12.2 Å². The van der Waals surface area contributed by atoms with E-state index in [9.17, 15) is 4.79 Å². The lowest BCUT2D eigenvalue weighted by molar-refractivity contribution is -0.127. The van der Waals surface area contributed by atoms with E-state index in [0.29, 0.717) is 24.5 Å². The first-order valence-corrected chi connectivity index (χ1v) is 7.65. The third-order valence-corrected chi connectivity index (χ3v) is 4.04. The lowest BCUT2D eigenvalue weighted by Gasteiger charge is -2.22. The number of ether oxygens (including phenoxy) is 3. The Labute approximate surface area is 130 Å². The molecule has 120 valence electrons. The van der Waals surface area contributed by atoms with Crippen LogP contribution in [0.1, 0.15) is 25.3 Å². The predicted octanol–water partition coefficient (Wildman–Crippen LogP) is 1.52. The Balaban J connectivity index is 1.58. The number of methoxy groups -OCH3 is 1. The van der Waals surface area contributed by atoms with Crippen molar-refractivity contribution in [3.05, 3.63) is 17.7 Å². The summed E-state index contributed by atoms with van der Waals surface area (Å²) in [6.45, 7) is 4.64. The summed E-state index contributed by atoms with van der Waals surface area (Å²) >= 11 is 0. The second-order valence-corrected chi connectivity index (χ2v) is 5.76. The van der Waals surface area contributed by atoms with Crippen molar-refractivity contribution in [3.63, 3.8) is 0 Å². The van der Waals surface area contributed by atoms with Gasteiger partial charge in [-0.1, -0.05) is 0 Å². The molecule has 1 N–H and O–H groups in total. The van der Waals surface area contributed by atoms with E-state index in [1.165, 1.54) is 0 Å². The van der Waals surface area contributed by atoms with Crippen molar-refractivity contribution in [1.82, 2.24) is 10.2 Å². The van der Waals surface area contributed by atoms with Crippen molar-refractivity contribution in [2.45, 2.75) is 32.4 Å². The molecular weight excluding hydrogens is 284 g/mol. The first kappa shape index (κ1) is 15.0. The van der Waals surface area contributed by atoms with Gasteiger partial charge in [-0.3, -0.25) is 4.79 Å². The van der Waals surface area contributed by atoms with Gasteiger partial charge < -0.3 is 24.4 Å². The van der Waals surface area contributed by atoms with Crippen molar-refractivity contribution in [2.24, 2.45) is 0 Å². The van der Waals surface area contributed by atoms with E-state index >= 15 is 0 Å². The van der Waals surface area contributed by atoms with Crippen molar-refractivity contribution in [1.29, 1.82) is 0 Å². The lowest BCUT2D eigenvalue weighted by atomic mass is 10.1. The van der Waals surface area contributed by atoms with Crippen molar-refractivity contribution >= 4 is 5.91 Å². The molecule has 22 heavy (non-hydrogen) atoms. The van der Waals surface area contributed by atoms with E-state index in [1.54, 1.807) is 7.11 Å². The Morgan fingerprint density at radius 2 is 2.27 bits per heavy atom. The predicted molar refractivity (Wildman–Crippen MR) is 81.2 cm³/mol. The quantitative estimate of drug-likeness (QED) is 0.863. The second kappa shape index (κ2) is 6.44. The van der Waals surface area contributed by atoms with Crippen LogP contribution in [0.25, 0.3) is 0 Å². The van der Waals surface area contributed by atoms with Crippen LogP contribution in [0.2, 0.25) is 0 Å². The highest BCUT2D eigenvalue weighted by Gasteiger charge is 2.22. The van der Waals surface area contributed by atoms with Gasteiger partial charge in [0.1, 0.15) is 0 Å². The minimum Gasteiger partial charge on any atom is -0.493 e. The summed E-state index contributed by atoms with van der Waals surface area (Å²) in [4.78, 5) is 13.6. The third-order valence-electron chi connectivity index (χ3n) is 4.04. The van der Waals surface area contributed by atoms with Crippen LogP contribution < -0.4 is 19.5 Å². The molecule has 1 atom stereocenters. The number of rotatable bonds is 6. The highest BCUT2D eigenvalue weighted by Crippen LogP contribution is 2.41. The molecule has 0 bridgehead atoms. The molecule has 3 rings (SSSR count). The number of nitrogens with zero attached hydrogens (tertiary/aromatic N) is 1. The molecule has 2 aliphatic rings. The summed E-state index contributed by atoms with van der Waals surface area (Å²) in [7, 11) is 1.62. The molecule has 1 fully saturated rings. The Morgan fingerprint density at radius 1 is 1.41 bits per heavy atom. The molecule has 6 heteroatoms. The van der Waals surface area contributed by atoms with Gasteiger partial charge in [0.05, 0.1) is 7.11 Å². The summed E-state index contributed by atoms with van der Waals surface area (Å²) in [5, 5.41) is 3.44. The number of amides is 1. The van der Waals surface area contributed by atoms with E-state index in [0.717, 1.165) is 30.8 Å². The molecule has 1 amide bonds. The van der Waals surface area contributed by atoms with Gasteiger partial charge in [0, 0.05) is 32.1 Å². The van der Waals surface area contributed by atoms with Crippen LogP contribution in [-0.4, -0.2) is 43.8 Å². The average Bonchev–Trinajstić information content (AvgIpc) is 3.13. The topological polar surface area (TPSA) is 60.0 Å². The monoisotopic (exact) mass is 306 g/mol. The Hall–Kier alpha value is -1.95. The van der Waals surface area contributed by atoms with Crippen LogP contribution in [0, 0.1) is 0 Å². The van der Waals surface area contributed by atoms with Gasteiger partial charge in [-0.05, 0) is 31.0 Å². The van der Waals surface area contributed by atoms with E-state index in [4.69, 9.17) is 14.2 Å². The fraction of sp³-hybridized carbons (Fsp3) is 0.562. The largest absolute Gasteiger partial charge is 0.493 e. The lowest BCUT2D eigenvalue weighted by Crippen LogP contribution is -2.39. The summed E-state index contributed by atoms with van der Waals surface area (Å²) < 4.78 is 16.2. The number of benzene rings is 1. The van der Waals surface area contributed by atoms with E-state index in [-0.39, 0.29) is 18.7 Å². The first-order chi connectivity index (χ1) is 10.7. The van der Waals surface area contributed by atoms with Gasteiger partial charge in [-0.15, -0.1) is 0 Å². The van der Waals surface area contributed by atoms with Crippen molar-refractivity contribution < 1.29 is 19.0 Å². The van der Waals surface area contributed by atoms with Crippen LogP contribution in [0.15, 0.2) is 12.1 Å². The number of hydrogen-bond acceptors (Lipinski definition) is 5. The molecule has 2 aliphatic heterocycles. The number of nitrogens with one attached hydrogen (secondary N) is 1. The van der Waals surface area contributed by atoms with Crippen molar-refractivity contribution in [2.75, 3.05) is 27.0 Å². The molecule has 0 aliphatic carbocycles. The molecule has 0 saturated carbocycles. The minimum absolute atomic E-state index is 0.232. The summed E-state index contributed by atoms with van der Waals surface area (Å²) in [6.07, 6.45) is 1.66. The fourth-order valence-electron chi connectivity index (χ4n) is 2.87. The number of carbonyl (C=O) groups excluding carboxylic acids is 1. The van der Waals surface area contributed by atoms with E-state index < -0.39 is 0 Å². The van der Waals surface area contributed by atoms with Crippen LogP contribution in [-0.2, 0) is 11.3 Å². The highest BCUT2D eigenvalue weighted by molar-refractivity contribution is 5.78. The SMILES string of the molecule is COc1cc(CN[C@H](C)CN2CCCC2=O)cc2c1OCO2. The van der Waals surface area contributed by atoms with Crippen LogP contribution >= 0.6 is 0 Å². The molecular formula is C16H22N2O4. The maximum Gasteiger partial charge on any atom is 0.231 e. The molecule has 6 nitrogen and oxygen atoms in total. The Morgan fingerprint density at radius 3 is 3.00 bits per heavy atom. The molecule has 0 radical (unpaired) electrons. The number of fused-ring (bicyclic) bond motifs is 1. The molecule has 0 aromatic heterocycles. The van der Waals surface area contributed by atoms with Gasteiger partial charge >= 0.3 is 0 Å². The Bertz CT molecular complexity index is 561. The zero-order valence-electron chi connectivity index (χ0n) is 13.1. The first-order valence-electron chi connectivity index (χ1n) is 7.65. The zero-order chi connectivity index (χ0) is 15.5. The highest BCUT2D eigenvalue weighted by atomic mass is 16.7. The summed E-state index contributed by atoms with van der Waals surface area (Å²) in [5.41, 5.74) is 1.07. The standard InChI is InChI=1S/C16H22N2O4/c1-11(9-18-5-3-4-15(18)19)17-8-12-6-13(20-2)16-14(7-12)21-10-22-16/h6-7,11,17H,3-5,8-10H2,1-2H3/t11-/m1/s1. The zero-order valence-corrected chi connectivity index (χ0v) is 13.1.